The van der Waals surface area contributed by atoms with E-state index in [1.807, 2.05) is 32.0 Å². The molecule has 0 saturated carbocycles. The normalized spacial score (nSPS) is 10.5. The van der Waals surface area contributed by atoms with E-state index in [1.165, 1.54) is 23.5 Å². The monoisotopic (exact) mass is 356 g/mol. The van der Waals surface area contributed by atoms with E-state index in [4.69, 9.17) is 4.74 Å². The van der Waals surface area contributed by atoms with E-state index in [2.05, 4.69) is 10.3 Å². The number of nitrogens with one attached hydrogen (secondary N) is 1. The average molecular weight is 356 g/mol. The molecule has 4 nitrogen and oxygen atoms in total. The summed E-state index contributed by atoms with van der Waals surface area (Å²) in [4.78, 5) is 16.7. The number of hydrogen-bond acceptors (Lipinski definition) is 4. The van der Waals surface area contributed by atoms with Crippen LogP contribution in [0.1, 0.15) is 26.6 Å². The van der Waals surface area contributed by atoms with Crippen LogP contribution in [0.4, 0.5) is 10.1 Å². The number of carbonyl (C=O) groups excluding carboxylic acids is 1. The van der Waals surface area contributed by atoms with Crippen molar-refractivity contribution in [2.75, 3.05) is 5.32 Å². The molecule has 128 valence electrons. The van der Waals surface area contributed by atoms with Gasteiger partial charge in [0.15, 0.2) is 0 Å². The highest BCUT2D eigenvalue weighted by Gasteiger charge is 2.13. The smallest absolute Gasteiger partial charge is 0.275 e. The number of thiazole rings is 1. The van der Waals surface area contributed by atoms with Gasteiger partial charge in [-0.3, -0.25) is 4.79 Å². The summed E-state index contributed by atoms with van der Waals surface area (Å²) in [6.07, 6.45) is 0. The number of amides is 1. The Hall–Kier alpha value is -2.73. The third-order valence-corrected chi connectivity index (χ3v) is 4.64. The second-order valence-corrected chi connectivity index (χ2v) is 6.51. The summed E-state index contributed by atoms with van der Waals surface area (Å²) in [7, 11) is 0. The van der Waals surface area contributed by atoms with Crippen molar-refractivity contribution in [3.8, 4) is 5.75 Å². The highest BCUT2D eigenvalue weighted by Crippen LogP contribution is 2.20. The molecule has 0 aliphatic carbocycles. The molecule has 25 heavy (non-hydrogen) atoms. The van der Waals surface area contributed by atoms with Gasteiger partial charge < -0.3 is 10.1 Å². The Bertz CT molecular complexity index is 891. The molecule has 3 aromatic rings. The number of hydrogen-bond donors (Lipinski definition) is 1. The number of anilines is 1. The summed E-state index contributed by atoms with van der Waals surface area (Å²) in [5.74, 6) is -0.0111. The van der Waals surface area contributed by atoms with Crippen LogP contribution in [0, 0.1) is 19.7 Å². The molecule has 0 aliphatic rings. The molecule has 2 aromatic carbocycles. The molecule has 0 atom stereocenters. The summed E-state index contributed by atoms with van der Waals surface area (Å²) < 4.78 is 18.4. The molecule has 1 heterocycles. The molecular weight excluding hydrogens is 339 g/mol. The maximum absolute atomic E-state index is 12.9. The molecule has 6 heteroatoms. The highest BCUT2D eigenvalue weighted by atomic mass is 32.1. The van der Waals surface area contributed by atoms with Gasteiger partial charge in [0.25, 0.3) is 5.91 Å². The van der Waals surface area contributed by atoms with Crippen LogP contribution in [0.5, 0.6) is 5.75 Å². The molecular formula is C19H17FN2O2S. The number of nitrogens with zero attached hydrogens (tertiary/aromatic N) is 1. The Labute approximate surface area is 149 Å². The van der Waals surface area contributed by atoms with Gasteiger partial charge in [-0.05, 0) is 55.3 Å². The van der Waals surface area contributed by atoms with E-state index in [9.17, 15) is 9.18 Å². The van der Waals surface area contributed by atoms with Crippen LogP contribution in [0.25, 0.3) is 0 Å². The summed E-state index contributed by atoms with van der Waals surface area (Å²) in [6, 6.07) is 11.5. The number of ether oxygens (including phenoxy) is 1. The Kier molecular flexibility index (Phi) is 5.09. The highest BCUT2D eigenvalue weighted by molar-refractivity contribution is 7.09. The van der Waals surface area contributed by atoms with E-state index < -0.39 is 0 Å². The van der Waals surface area contributed by atoms with Crippen LogP contribution in [-0.2, 0) is 6.61 Å². The first-order valence-corrected chi connectivity index (χ1v) is 8.61. The lowest BCUT2D eigenvalue weighted by Gasteiger charge is -2.09. The van der Waals surface area contributed by atoms with Gasteiger partial charge >= 0.3 is 0 Å². The number of carbonyl (C=O) groups is 1. The van der Waals surface area contributed by atoms with Crippen molar-refractivity contribution in [3.05, 3.63) is 75.5 Å². The van der Waals surface area contributed by atoms with Crippen LogP contribution < -0.4 is 10.1 Å². The number of aromatic nitrogens is 1. The molecule has 1 aromatic heterocycles. The molecule has 0 saturated heterocycles. The SMILES string of the molecule is Cc1cccc(NC(=O)c2csc(COc3ccc(F)cc3)n2)c1C. The maximum Gasteiger partial charge on any atom is 0.275 e. The number of halogens is 1. The van der Waals surface area contributed by atoms with Gasteiger partial charge in [-0.25, -0.2) is 9.37 Å². The Morgan fingerprint density at radius 3 is 2.72 bits per heavy atom. The molecule has 1 N–H and O–H groups in total. The summed E-state index contributed by atoms with van der Waals surface area (Å²) >= 11 is 1.35. The zero-order chi connectivity index (χ0) is 17.8. The standard InChI is InChI=1S/C19H17FN2O2S/c1-12-4-3-5-16(13(12)2)22-19(23)17-11-25-18(21-17)10-24-15-8-6-14(20)7-9-15/h3-9,11H,10H2,1-2H3,(H,22,23). The van der Waals surface area contributed by atoms with Gasteiger partial charge in [0.2, 0.25) is 0 Å². The van der Waals surface area contributed by atoms with Gasteiger partial charge in [0.1, 0.15) is 28.9 Å². The molecule has 0 bridgehead atoms. The molecule has 0 unspecified atom stereocenters. The van der Waals surface area contributed by atoms with E-state index >= 15 is 0 Å². The van der Waals surface area contributed by atoms with E-state index in [0.717, 1.165) is 16.8 Å². The lowest BCUT2D eigenvalue weighted by Crippen LogP contribution is -2.13. The fourth-order valence-electron chi connectivity index (χ4n) is 2.23. The summed E-state index contributed by atoms with van der Waals surface area (Å²) in [6.45, 7) is 4.19. The van der Waals surface area contributed by atoms with Gasteiger partial charge in [-0.1, -0.05) is 12.1 Å². The predicted octanol–water partition coefficient (Wildman–Crippen LogP) is 4.73. The van der Waals surface area contributed by atoms with Crippen LogP contribution in [-0.4, -0.2) is 10.9 Å². The van der Waals surface area contributed by atoms with Crippen molar-refractivity contribution in [2.24, 2.45) is 0 Å². The first-order valence-electron chi connectivity index (χ1n) is 7.73. The second-order valence-electron chi connectivity index (χ2n) is 5.57. The number of rotatable bonds is 5. The summed E-state index contributed by atoms with van der Waals surface area (Å²) in [5.41, 5.74) is 3.28. The van der Waals surface area contributed by atoms with Crippen molar-refractivity contribution < 1.29 is 13.9 Å². The number of benzene rings is 2. The second kappa shape index (κ2) is 7.44. The molecule has 0 aliphatic heterocycles. The summed E-state index contributed by atoms with van der Waals surface area (Å²) in [5, 5.41) is 5.26. The van der Waals surface area contributed by atoms with Gasteiger partial charge in [0.05, 0.1) is 0 Å². The van der Waals surface area contributed by atoms with Gasteiger partial charge in [-0.15, -0.1) is 11.3 Å². The van der Waals surface area contributed by atoms with Crippen molar-refractivity contribution in [1.82, 2.24) is 4.98 Å². The van der Waals surface area contributed by atoms with E-state index in [1.54, 1.807) is 17.5 Å². The topological polar surface area (TPSA) is 51.2 Å². The Morgan fingerprint density at radius 1 is 1.20 bits per heavy atom. The molecule has 0 radical (unpaired) electrons. The molecule has 3 rings (SSSR count). The zero-order valence-corrected chi connectivity index (χ0v) is 14.7. The van der Waals surface area contributed by atoms with Crippen LogP contribution >= 0.6 is 11.3 Å². The first kappa shape index (κ1) is 17.1. The van der Waals surface area contributed by atoms with Crippen molar-refractivity contribution in [2.45, 2.75) is 20.5 Å². The van der Waals surface area contributed by atoms with Crippen LogP contribution in [0.15, 0.2) is 47.8 Å². The first-order chi connectivity index (χ1) is 12.0. The Morgan fingerprint density at radius 2 is 1.96 bits per heavy atom. The number of aryl methyl sites for hydroxylation is 1. The fourth-order valence-corrected chi connectivity index (χ4v) is 2.92. The molecule has 0 spiro atoms. The average Bonchev–Trinajstić information content (AvgIpc) is 3.08. The van der Waals surface area contributed by atoms with Crippen LogP contribution in [0.3, 0.4) is 0 Å². The lowest BCUT2D eigenvalue weighted by molar-refractivity contribution is 0.102. The molecule has 1 amide bonds. The minimum atomic E-state index is -0.313. The third kappa shape index (κ3) is 4.22. The lowest BCUT2D eigenvalue weighted by atomic mass is 10.1. The largest absolute Gasteiger partial charge is 0.486 e. The minimum absolute atomic E-state index is 0.229. The minimum Gasteiger partial charge on any atom is -0.486 e. The Balaban J connectivity index is 1.63. The zero-order valence-electron chi connectivity index (χ0n) is 13.9. The van der Waals surface area contributed by atoms with E-state index in [0.29, 0.717) is 16.5 Å². The maximum atomic E-state index is 12.9. The van der Waals surface area contributed by atoms with Gasteiger partial charge in [-0.2, -0.15) is 0 Å². The predicted molar refractivity (Wildman–Crippen MR) is 96.7 cm³/mol. The van der Waals surface area contributed by atoms with Crippen molar-refractivity contribution in [1.29, 1.82) is 0 Å². The van der Waals surface area contributed by atoms with Crippen molar-refractivity contribution >= 4 is 22.9 Å². The molecule has 0 fully saturated rings. The van der Waals surface area contributed by atoms with Crippen LogP contribution in [0.2, 0.25) is 0 Å². The van der Waals surface area contributed by atoms with Gasteiger partial charge in [0, 0.05) is 11.1 Å². The fraction of sp³-hybridized carbons (Fsp3) is 0.158. The van der Waals surface area contributed by atoms with E-state index in [-0.39, 0.29) is 18.3 Å². The quantitative estimate of drug-likeness (QED) is 0.719. The third-order valence-electron chi connectivity index (χ3n) is 3.81. The van der Waals surface area contributed by atoms with Crippen molar-refractivity contribution in [3.63, 3.8) is 0 Å².